The maximum absolute atomic E-state index is 6.11. The fraction of sp³-hybridized carbons (Fsp3) is 0.0667. The van der Waals surface area contributed by atoms with E-state index in [1.165, 1.54) is 10.2 Å². The van der Waals surface area contributed by atoms with Crippen LogP contribution in [-0.2, 0) is 5.75 Å². The lowest BCUT2D eigenvalue weighted by Crippen LogP contribution is -2.11. The average molecular weight is 440 g/mol. The van der Waals surface area contributed by atoms with Crippen molar-refractivity contribution in [2.24, 2.45) is 0 Å². The summed E-state index contributed by atoms with van der Waals surface area (Å²) < 4.78 is 3.62. The molecule has 0 saturated carbocycles. The Bertz CT molecular complexity index is 769. The molecule has 3 rings (SSSR count). The standard InChI is InChI=1S/C15H12Br2N4S/c16-12-5-1-10(2-6-12)9-22-15-20-19-14(21(15)18)11-3-7-13(17)8-4-11/h1-8H,9,18H2. The summed E-state index contributed by atoms with van der Waals surface area (Å²) in [5, 5.41) is 9.06. The van der Waals surface area contributed by atoms with E-state index in [9.17, 15) is 0 Å². The Balaban J connectivity index is 1.75. The lowest BCUT2D eigenvalue weighted by Gasteiger charge is -2.04. The van der Waals surface area contributed by atoms with Gasteiger partial charge < -0.3 is 5.84 Å². The molecule has 0 unspecified atom stereocenters. The van der Waals surface area contributed by atoms with Gasteiger partial charge in [0.05, 0.1) is 0 Å². The summed E-state index contributed by atoms with van der Waals surface area (Å²) in [6.45, 7) is 0. The highest BCUT2D eigenvalue weighted by Gasteiger charge is 2.12. The van der Waals surface area contributed by atoms with Crippen LogP contribution in [0.15, 0.2) is 62.6 Å². The monoisotopic (exact) mass is 438 g/mol. The molecule has 7 heteroatoms. The number of hydrogen-bond acceptors (Lipinski definition) is 4. The van der Waals surface area contributed by atoms with Gasteiger partial charge in [0.15, 0.2) is 5.82 Å². The fourth-order valence-corrected chi connectivity index (χ4v) is 3.24. The van der Waals surface area contributed by atoms with Crippen molar-refractivity contribution in [1.29, 1.82) is 0 Å². The van der Waals surface area contributed by atoms with Crippen LogP contribution in [0.5, 0.6) is 0 Å². The molecule has 3 aromatic rings. The maximum atomic E-state index is 6.11. The van der Waals surface area contributed by atoms with Gasteiger partial charge in [-0.05, 0) is 29.8 Å². The topological polar surface area (TPSA) is 56.7 Å². The number of nitrogens with zero attached hydrogens (tertiary/aromatic N) is 3. The number of aromatic nitrogens is 3. The normalized spacial score (nSPS) is 10.8. The minimum absolute atomic E-state index is 0.658. The molecule has 0 atom stereocenters. The number of halogens is 2. The second kappa shape index (κ2) is 6.85. The van der Waals surface area contributed by atoms with Crippen LogP contribution in [-0.4, -0.2) is 14.9 Å². The quantitative estimate of drug-likeness (QED) is 0.481. The highest BCUT2D eigenvalue weighted by molar-refractivity contribution is 9.10. The van der Waals surface area contributed by atoms with E-state index in [1.807, 2.05) is 36.4 Å². The fourth-order valence-electron chi connectivity index (χ4n) is 1.90. The summed E-state index contributed by atoms with van der Waals surface area (Å²) in [4.78, 5) is 0. The Kier molecular flexibility index (Phi) is 4.85. The zero-order valence-corrected chi connectivity index (χ0v) is 15.4. The van der Waals surface area contributed by atoms with E-state index < -0.39 is 0 Å². The van der Waals surface area contributed by atoms with Gasteiger partial charge in [0.1, 0.15) is 0 Å². The van der Waals surface area contributed by atoms with Crippen molar-refractivity contribution in [2.75, 3.05) is 5.84 Å². The van der Waals surface area contributed by atoms with Crippen LogP contribution >= 0.6 is 43.6 Å². The molecule has 0 saturated heterocycles. The maximum Gasteiger partial charge on any atom is 0.210 e. The van der Waals surface area contributed by atoms with Crippen LogP contribution in [0.3, 0.4) is 0 Å². The van der Waals surface area contributed by atoms with Crippen molar-refractivity contribution in [3.63, 3.8) is 0 Å². The molecule has 0 aliphatic heterocycles. The van der Waals surface area contributed by atoms with Gasteiger partial charge in [0.2, 0.25) is 5.16 Å². The molecule has 2 aromatic carbocycles. The number of rotatable bonds is 4. The van der Waals surface area contributed by atoms with Crippen molar-refractivity contribution in [1.82, 2.24) is 14.9 Å². The van der Waals surface area contributed by atoms with Crippen molar-refractivity contribution in [3.8, 4) is 11.4 Å². The van der Waals surface area contributed by atoms with Crippen LogP contribution in [0.1, 0.15) is 5.56 Å². The van der Waals surface area contributed by atoms with Crippen molar-refractivity contribution in [2.45, 2.75) is 10.9 Å². The minimum atomic E-state index is 0.658. The SMILES string of the molecule is Nn1c(SCc2ccc(Br)cc2)nnc1-c1ccc(Br)cc1. The molecule has 0 aliphatic rings. The molecule has 0 radical (unpaired) electrons. The third-order valence-electron chi connectivity index (χ3n) is 3.05. The Morgan fingerprint density at radius 1 is 0.909 bits per heavy atom. The zero-order valence-electron chi connectivity index (χ0n) is 11.4. The molecule has 4 nitrogen and oxygen atoms in total. The van der Waals surface area contributed by atoms with Gasteiger partial charge in [-0.1, -0.05) is 67.9 Å². The molecule has 0 aliphatic carbocycles. The lowest BCUT2D eigenvalue weighted by molar-refractivity contribution is 0.849. The molecule has 0 spiro atoms. The summed E-state index contributed by atoms with van der Waals surface area (Å²) in [6.07, 6.45) is 0. The Morgan fingerprint density at radius 2 is 1.50 bits per heavy atom. The first-order valence-electron chi connectivity index (χ1n) is 6.47. The first-order valence-corrected chi connectivity index (χ1v) is 9.04. The van der Waals surface area contributed by atoms with Gasteiger partial charge in [-0.3, -0.25) is 0 Å². The lowest BCUT2D eigenvalue weighted by atomic mass is 10.2. The van der Waals surface area contributed by atoms with Crippen molar-refractivity contribution >= 4 is 43.6 Å². The number of nitrogens with two attached hydrogens (primary N) is 1. The van der Waals surface area contributed by atoms with Gasteiger partial charge >= 0.3 is 0 Å². The largest absolute Gasteiger partial charge is 0.335 e. The first kappa shape index (κ1) is 15.6. The molecule has 22 heavy (non-hydrogen) atoms. The van der Waals surface area contributed by atoms with Crippen LogP contribution in [0.2, 0.25) is 0 Å². The van der Waals surface area contributed by atoms with Crippen LogP contribution in [0.4, 0.5) is 0 Å². The smallest absolute Gasteiger partial charge is 0.210 e. The van der Waals surface area contributed by atoms with Crippen LogP contribution in [0, 0.1) is 0 Å². The molecular weight excluding hydrogens is 428 g/mol. The molecule has 1 aromatic heterocycles. The highest BCUT2D eigenvalue weighted by Crippen LogP contribution is 2.25. The number of nitrogen functional groups attached to an aromatic ring is 1. The van der Waals surface area contributed by atoms with Crippen LogP contribution < -0.4 is 5.84 Å². The Labute approximate surface area is 149 Å². The van der Waals surface area contributed by atoms with Gasteiger partial charge in [0.25, 0.3) is 0 Å². The summed E-state index contributed by atoms with van der Waals surface area (Å²) in [7, 11) is 0. The van der Waals surface area contributed by atoms with Gasteiger partial charge in [-0.15, -0.1) is 10.2 Å². The molecule has 0 bridgehead atoms. The summed E-state index contributed by atoms with van der Waals surface area (Å²) >= 11 is 8.41. The average Bonchev–Trinajstić information content (AvgIpc) is 2.89. The molecule has 2 N–H and O–H groups in total. The van der Waals surface area contributed by atoms with E-state index in [0.29, 0.717) is 11.0 Å². The Morgan fingerprint density at radius 3 is 2.14 bits per heavy atom. The third-order valence-corrected chi connectivity index (χ3v) is 5.12. The highest BCUT2D eigenvalue weighted by atomic mass is 79.9. The van der Waals surface area contributed by atoms with E-state index in [0.717, 1.165) is 20.3 Å². The predicted molar refractivity (Wildman–Crippen MR) is 97.0 cm³/mol. The van der Waals surface area contributed by atoms with Crippen LogP contribution in [0.25, 0.3) is 11.4 Å². The minimum Gasteiger partial charge on any atom is -0.335 e. The molecule has 112 valence electrons. The van der Waals surface area contributed by atoms with Gasteiger partial charge in [0, 0.05) is 20.3 Å². The summed E-state index contributed by atoms with van der Waals surface area (Å²) in [5.41, 5.74) is 2.15. The predicted octanol–water partition coefficient (Wildman–Crippen LogP) is 4.48. The molecule has 1 heterocycles. The van der Waals surface area contributed by atoms with E-state index in [4.69, 9.17) is 5.84 Å². The van der Waals surface area contributed by atoms with Crippen molar-refractivity contribution < 1.29 is 0 Å². The third kappa shape index (κ3) is 3.53. The second-order valence-electron chi connectivity index (χ2n) is 4.60. The van der Waals surface area contributed by atoms with E-state index in [2.05, 4.69) is 54.2 Å². The van der Waals surface area contributed by atoms with E-state index >= 15 is 0 Å². The van der Waals surface area contributed by atoms with E-state index in [-0.39, 0.29) is 0 Å². The van der Waals surface area contributed by atoms with E-state index in [1.54, 1.807) is 11.8 Å². The molecular formula is C15H12Br2N4S. The number of hydrogen-bond donors (Lipinski definition) is 1. The molecule has 0 fully saturated rings. The first-order chi connectivity index (χ1) is 10.6. The number of thioether (sulfide) groups is 1. The van der Waals surface area contributed by atoms with Gasteiger partial charge in [-0.25, -0.2) is 4.68 Å². The second-order valence-corrected chi connectivity index (χ2v) is 7.37. The van der Waals surface area contributed by atoms with Gasteiger partial charge in [-0.2, -0.15) is 0 Å². The summed E-state index contributed by atoms with van der Waals surface area (Å²) in [6, 6.07) is 16.0. The zero-order chi connectivity index (χ0) is 15.5. The molecule has 0 amide bonds. The van der Waals surface area contributed by atoms with Crippen molar-refractivity contribution in [3.05, 3.63) is 63.0 Å². The Hall–Kier alpha value is -1.31. The number of benzene rings is 2. The summed E-state index contributed by atoms with van der Waals surface area (Å²) in [5.74, 6) is 7.57.